The molecule has 4 heterocycles. The second kappa shape index (κ2) is 6.60. The predicted octanol–water partition coefficient (Wildman–Crippen LogP) is 2.04. The van der Waals surface area contributed by atoms with Crippen molar-refractivity contribution in [2.24, 2.45) is 0 Å². The van der Waals surface area contributed by atoms with Crippen LogP contribution in [0.1, 0.15) is 49.4 Å². The maximum Gasteiger partial charge on any atom is 0.330 e. The van der Waals surface area contributed by atoms with Gasteiger partial charge in [-0.1, -0.05) is 30.3 Å². The van der Waals surface area contributed by atoms with Crippen molar-refractivity contribution in [1.29, 1.82) is 0 Å². The summed E-state index contributed by atoms with van der Waals surface area (Å²) in [5.41, 5.74) is -0.799. The number of carbonyl (C=O) groups excluding carboxylic acids is 3. The zero-order chi connectivity index (χ0) is 24.0. The number of para-hydroxylation sites is 2. The van der Waals surface area contributed by atoms with Crippen LogP contribution in [0.2, 0.25) is 0 Å². The maximum absolute atomic E-state index is 13.5. The molecule has 6 rings (SSSR count). The van der Waals surface area contributed by atoms with Crippen LogP contribution in [0.25, 0.3) is 10.9 Å². The van der Waals surface area contributed by atoms with E-state index in [4.69, 9.17) is 4.74 Å². The third kappa shape index (κ3) is 2.50. The summed E-state index contributed by atoms with van der Waals surface area (Å²) in [5, 5.41) is 3.64. The third-order valence-corrected chi connectivity index (χ3v) is 7.06. The van der Waals surface area contributed by atoms with Gasteiger partial charge in [0.05, 0.1) is 22.1 Å². The maximum atomic E-state index is 13.5. The molecule has 3 aliphatic heterocycles. The number of nitrogens with one attached hydrogen (secondary N) is 1. The molecule has 2 fully saturated rings. The molecule has 1 N–H and O–H groups in total. The summed E-state index contributed by atoms with van der Waals surface area (Å²) in [4.78, 5) is 58.6. The lowest BCUT2D eigenvalue weighted by atomic mass is 9.88. The van der Waals surface area contributed by atoms with Crippen LogP contribution < -0.4 is 15.8 Å². The number of ketones is 1. The number of esters is 1. The minimum absolute atomic E-state index is 0.0700. The van der Waals surface area contributed by atoms with E-state index in [0.717, 1.165) is 4.57 Å². The molecule has 0 bridgehead atoms. The smallest absolute Gasteiger partial charge is 0.330 e. The minimum Gasteiger partial charge on any atom is -0.449 e. The molecule has 0 saturated carbocycles. The third-order valence-electron chi connectivity index (χ3n) is 7.06. The Morgan fingerprint density at radius 3 is 2.56 bits per heavy atom. The molecule has 1 aromatic heterocycles. The largest absolute Gasteiger partial charge is 0.449 e. The van der Waals surface area contributed by atoms with Gasteiger partial charge in [-0.25, -0.2) is 9.78 Å². The Labute approximate surface area is 194 Å². The first-order valence-electron chi connectivity index (χ1n) is 11.1. The van der Waals surface area contributed by atoms with Gasteiger partial charge in [-0.2, -0.15) is 0 Å². The Balaban J connectivity index is 1.55. The van der Waals surface area contributed by atoms with Gasteiger partial charge >= 0.3 is 5.97 Å². The van der Waals surface area contributed by atoms with Gasteiger partial charge in [0.1, 0.15) is 12.2 Å². The molecule has 9 nitrogen and oxygen atoms in total. The van der Waals surface area contributed by atoms with Crippen molar-refractivity contribution in [1.82, 2.24) is 14.9 Å². The van der Waals surface area contributed by atoms with Crippen LogP contribution in [-0.2, 0) is 19.9 Å². The summed E-state index contributed by atoms with van der Waals surface area (Å²) >= 11 is 0. The number of Topliss-reactive ketones (excluding diaryl/α,β-unsaturated/α-hetero) is 1. The highest BCUT2D eigenvalue weighted by molar-refractivity contribution is 6.05. The minimum atomic E-state index is -1.21. The van der Waals surface area contributed by atoms with E-state index in [-0.39, 0.29) is 18.2 Å². The lowest BCUT2D eigenvalue weighted by molar-refractivity contribution is -0.152. The number of fused-ring (bicyclic) bond motifs is 6. The lowest BCUT2D eigenvalue weighted by Crippen LogP contribution is -2.51. The fourth-order valence-corrected chi connectivity index (χ4v) is 5.52. The van der Waals surface area contributed by atoms with Crippen molar-refractivity contribution < 1.29 is 19.1 Å². The van der Waals surface area contributed by atoms with Gasteiger partial charge < -0.3 is 4.74 Å². The molecule has 0 radical (unpaired) electrons. The van der Waals surface area contributed by atoms with Gasteiger partial charge in [-0.3, -0.25) is 29.2 Å². The standard InChI is InChI=1S/C25H22N4O5/c1-13(30)19-26-16-10-6-4-8-14(16)20(31)28(19)18-12-25(34-21(18)32)15-9-5-7-11-17(15)29-22(25)27-24(2,3)23(29)33/h4-11,18,22,27H,12H2,1-3H3. The van der Waals surface area contributed by atoms with Crippen LogP contribution in [-0.4, -0.2) is 38.9 Å². The van der Waals surface area contributed by atoms with Crippen molar-refractivity contribution in [2.45, 2.75) is 50.5 Å². The first-order chi connectivity index (χ1) is 16.2. The number of ether oxygens (including phenoxy) is 1. The van der Waals surface area contributed by atoms with Gasteiger partial charge in [0.15, 0.2) is 17.2 Å². The molecular weight excluding hydrogens is 436 g/mol. The second-order valence-corrected chi connectivity index (χ2v) is 9.58. The normalized spacial score (nSPS) is 26.7. The highest BCUT2D eigenvalue weighted by Gasteiger charge is 2.66. The van der Waals surface area contributed by atoms with Gasteiger partial charge in [-0.15, -0.1) is 0 Å². The molecule has 0 aliphatic carbocycles. The van der Waals surface area contributed by atoms with E-state index >= 15 is 0 Å². The molecular formula is C25H22N4O5. The zero-order valence-corrected chi connectivity index (χ0v) is 18.9. The Morgan fingerprint density at radius 1 is 1.09 bits per heavy atom. The number of hydrogen-bond acceptors (Lipinski definition) is 7. The average molecular weight is 458 g/mol. The van der Waals surface area contributed by atoms with Gasteiger partial charge in [0, 0.05) is 18.9 Å². The Bertz CT molecular complexity index is 1490. The number of amides is 1. The van der Waals surface area contributed by atoms with Crippen molar-refractivity contribution in [2.75, 3.05) is 4.90 Å². The monoisotopic (exact) mass is 458 g/mol. The summed E-state index contributed by atoms with van der Waals surface area (Å²) in [7, 11) is 0. The number of benzene rings is 2. The fraction of sp³-hybridized carbons (Fsp3) is 0.320. The number of carbonyl (C=O) groups is 3. The molecule has 34 heavy (non-hydrogen) atoms. The molecule has 3 atom stereocenters. The van der Waals surface area contributed by atoms with E-state index in [1.54, 1.807) is 43.0 Å². The van der Waals surface area contributed by atoms with Crippen molar-refractivity contribution in [3.05, 3.63) is 70.3 Å². The Kier molecular flexibility index (Phi) is 4.03. The van der Waals surface area contributed by atoms with Gasteiger partial charge in [-0.05, 0) is 32.0 Å². The number of nitrogens with zero attached hydrogens (tertiary/aromatic N) is 3. The van der Waals surface area contributed by atoms with Crippen molar-refractivity contribution >= 4 is 34.3 Å². The van der Waals surface area contributed by atoms with E-state index < -0.39 is 40.7 Å². The van der Waals surface area contributed by atoms with Gasteiger partial charge in [0.2, 0.25) is 5.91 Å². The first-order valence-corrected chi connectivity index (χ1v) is 11.1. The number of rotatable bonds is 2. The number of hydrogen-bond donors (Lipinski definition) is 1. The average Bonchev–Trinajstić information content (AvgIpc) is 3.36. The summed E-state index contributed by atoms with van der Waals surface area (Å²) in [6, 6.07) is 12.9. The lowest BCUT2D eigenvalue weighted by Gasteiger charge is -2.31. The molecule has 2 aromatic carbocycles. The molecule has 3 unspecified atom stereocenters. The molecule has 2 saturated heterocycles. The molecule has 3 aliphatic rings. The molecule has 1 amide bonds. The van der Waals surface area contributed by atoms with E-state index in [9.17, 15) is 19.2 Å². The zero-order valence-electron chi connectivity index (χ0n) is 18.9. The quantitative estimate of drug-likeness (QED) is 0.462. The van der Waals surface area contributed by atoms with Crippen LogP contribution in [0, 0.1) is 0 Å². The fourth-order valence-electron chi connectivity index (χ4n) is 5.52. The topological polar surface area (TPSA) is 111 Å². The predicted molar refractivity (Wildman–Crippen MR) is 122 cm³/mol. The molecule has 3 aromatic rings. The highest BCUT2D eigenvalue weighted by atomic mass is 16.6. The summed E-state index contributed by atoms with van der Waals surface area (Å²) in [6.07, 6.45) is -0.563. The van der Waals surface area contributed by atoms with Crippen LogP contribution >= 0.6 is 0 Å². The van der Waals surface area contributed by atoms with E-state index in [1.165, 1.54) is 6.92 Å². The van der Waals surface area contributed by atoms with Crippen LogP contribution in [0.15, 0.2) is 53.3 Å². The molecule has 9 heteroatoms. The van der Waals surface area contributed by atoms with Crippen molar-refractivity contribution in [3.8, 4) is 0 Å². The molecule has 1 spiro atoms. The SMILES string of the molecule is CC(=O)c1nc2ccccc2c(=O)n1C1CC2(OC1=O)c1ccccc1N1C(=O)C(C)(C)NC12. The van der Waals surface area contributed by atoms with E-state index in [0.29, 0.717) is 22.2 Å². The van der Waals surface area contributed by atoms with Crippen LogP contribution in [0.5, 0.6) is 0 Å². The van der Waals surface area contributed by atoms with Crippen LogP contribution in [0.3, 0.4) is 0 Å². The van der Waals surface area contributed by atoms with Crippen LogP contribution in [0.4, 0.5) is 5.69 Å². The van der Waals surface area contributed by atoms with E-state index in [2.05, 4.69) is 10.3 Å². The summed E-state index contributed by atoms with van der Waals surface area (Å²) in [5.74, 6) is -1.30. The van der Waals surface area contributed by atoms with Gasteiger partial charge in [0.25, 0.3) is 5.56 Å². The van der Waals surface area contributed by atoms with Crippen molar-refractivity contribution in [3.63, 3.8) is 0 Å². The Morgan fingerprint density at radius 2 is 1.79 bits per heavy atom. The van der Waals surface area contributed by atoms with E-state index in [1.807, 2.05) is 24.3 Å². The molecule has 172 valence electrons. The Hall–Kier alpha value is -3.85. The first kappa shape index (κ1) is 20.7. The highest BCUT2D eigenvalue weighted by Crippen LogP contribution is 2.55. The number of aromatic nitrogens is 2. The number of anilines is 1. The summed E-state index contributed by atoms with van der Waals surface area (Å²) in [6.45, 7) is 4.88. The summed E-state index contributed by atoms with van der Waals surface area (Å²) < 4.78 is 7.23. The second-order valence-electron chi connectivity index (χ2n) is 9.58.